The minimum atomic E-state index is 0.141. The largest absolute Gasteiger partial charge is 0.397 e. The van der Waals surface area contributed by atoms with Crippen molar-refractivity contribution in [2.24, 2.45) is 0 Å². The maximum absolute atomic E-state index is 11.8. The molecule has 2 rings (SSSR count). The minimum absolute atomic E-state index is 0.141. The summed E-state index contributed by atoms with van der Waals surface area (Å²) in [6.07, 6.45) is 0.966. The third kappa shape index (κ3) is 2.72. The SMILES string of the molecule is CN1CCCN(c2cc(Br)ccc2N)CC1=O. The number of carbonyl (C=O) groups excluding carboxylic acids is 1. The van der Waals surface area contributed by atoms with Gasteiger partial charge in [-0.25, -0.2) is 0 Å². The molecule has 1 amide bonds. The molecule has 92 valence electrons. The lowest BCUT2D eigenvalue weighted by atomic mass is 10.2. The lowest BCUT2D eigenvalue weighted by molar-refractivity contribution is -0.127. The average Bonchev–Trinajstić information content (AvgIpc) is 2.45. The van der Waals surface area contributed by atoms with Crippen molar-refractivity contribution >= 4 is 33.2 Å². The van der Waals surface area contributed by atoms with Crippen LogP contribution in [0.4, 0.5) is 11.4 Å². The van der Waals surface area contributed by atoms with Gasteiger partial charge in [-0.3, -0.25) is 4.79 Å². The van der Waals surface area contributed by atoms with Crippen molar-refractivity contribution in [3.05, 3.63) is 22.7 Å². The quantitative estimate of drug-likeness (QED) is 0.803. The van der Waals surface area contributed by atoms with Crippen LogP contribution in [0.15, 0.2) is 22.7 Å². The third-order valence-corrected chi connectivity index (χ3v) is 3.50. The van der Waals surface area contributed by atoms with Gasteiger partial charge in [-0.2, -0.15) is 0 Å². The van der Waals surface area contributed by atoms with Gasteiger partial charge in [-0.05, 0) is 24.6 Å². The Labute approximate surface area is 110 Å². The summed E-state index contributed by atoms with van der Waals surface area (Å²) in [7, 11) is 1.84. The molecule has 1 heterocycles. The second-order valence-electron chi connectivity index (χ2n) is 4.29. The summed E-state index contributed by atoms with van der Waals surface area (Å²) in [5.74, 6) is 0.141. The Hall–Kier alpha value is -1.23. The molecule has 17 heavy (non-hydrogen) atoms. The summed E-state index contributed by atoms with van der Waals surface area (Å²) in [6.45, 7) is 2.07. The lowest BCUT2D eigenvalue weighted by Gasteiger charge is -2.23. The zero-order valence-electron chi connectivity index (χ0n) is 9.82. The molecule has 1 fully saturated rings. The standard InChI is InChI=1S/C12H16BrN3O/c1-15-5-2-6-16(8-12(15)17)11-7-9(13)3-4-10(11)14/h3-4,7H,2,5-6,8,14H2,1H3. The summed E-state index contributed by atoms with van der Waals surface area (Å²) in [6, 6.07) is 5.73. The van der Waals surface area contributed by atoms with Crippen LogP contribution >= 0.6 is 15.9 Å². The van der Waals surface area contributed by atoms with Gasteiger partial charge in [0.1, 0.15) is 0 Å². The summed E-state index contributed by atoms with van der Waals surface area (Å²) >= 11 is 3.43. The molecule has 0 radical (unpaired) electrons. The third-order valence-electron chi connectivity index (χ3n) is 3.01. The molecule has 0 saturated carbocycles. The van der Waals surface area contributed by atoms with Crippen molar-refractivity contribution in [3.8, 4) is 0 Å². The number of halogens is 1. The van der Waals surface area contributed by atoms with Gasteiger partial charge >= 0.3 is 0 Å². The van der Waals surface area contributed by atoms with Crippen LogP contribution in [-0.2, 0) is 4.79 Å². The predicted octanol–water partition coefficient (Wildman–Crippen LogP) is 1.70. The van der Waals surface area contributed by atoms with Gasteiger partial charge in [-0.15, -0.1) is 0 Å². The fourth-order valence-corrected chi connectivity index (χ4v) is 2.33. The van der Waals surface area contributed by atoms with E-state index < -0.39 is 0 Å². The molecular weight excluding hydrogens is 282 g/mol. The van der Waals surface area contributed by atoms with Crippen LogP contribution in [0.2, 0.25) is 0 Å². The molecule has 1 saturated heterocycles. The first-order valence-electron chi connectivity index (χ1n) is 5.62. The van der Waals surface area contributed by atoms with Crippen molar-refractivity contribution in [1.29, 1.82) is 0 Å². The van der Waals surface area contributed by atoms with Crippen molar-refractivity contribution in [2.45, 2.75) is 6.42 Å². The molecule has 2 N–H and O–H groups in total. The van der Waals surface area contributed by atoms with E-state index in [1.165, 1.54) is 0 Å². The Balaban J connectivity index is 2.26. The number of likely N-dealkylation sites (N-methyl/N-ethyl adjacent to an activating group) is 1. The molecule has 0 spiro atoms. The Kier molecular flexibility index (Phi) is 3.57. The van der Waals surface area contributed by atoms with Gasteiger partial charge < -0.3 is 15.5 Å². The smallest absolute Gasteiger partial charge is 0.241 e. The van der Waals surface area contributed by atoms with Crippen molar-refractivity contribution < 1.29 is 4.79 Å². The first-order chi connectivity index (χ1) is 8.08. The number of hydrogen-bond acceptors (Lipinski definition) is 3. The number of hydrogen-bond donors (Lipinski definition) is 1. The van der Waals surface area contributed by atoms with E-state index in [2.05, 4.69) is 15.9 Å². The Morgan fingerprint density at radius 2 is 2.12 bits per heavy atom. The molecule has 5 heteroatoms. The normalized spacial score (nSPS) is 17.2. The lowest BCUT2D eigenvalue weighted by Crippen LogP contribution is -2.34. The zero-order valence-corrected chi connectivity index (χ0v) is 11.4. The van der Waals surface area contributed by atoms with Gasteiger partial charge in [0.15, 0.2) is 0 Å². The second kappa shape index (κ2) is 4.96. The summed E-state index contributed by atoms with van der Waals surface area (Å²) in [5.41, 5.74) is 7.61. The van der Waals surface area contributed by atoms with Crippen LogP contribution in [0.3, 0.4) is 0 Å². The number of nitrogen functional groups attached to an aromatic ring is 1. The van der Waals surface area contributed by atoms with Gasteiger partial charge in [0.05, 0.1) is 17.9 Å². The highest BCUT2D eigenvalue weighted by Gasteiger charge is 2.20. The molecule has 0 unspecified atom stereocenters. The molecule has 0 aliphatic carbocycles. The minimum Gasteiger partial charge on any atom is -0.397 e. The number of nitrogens with two attached hydrogens (primary N) is 1. The second-order valence-corrected chi connectivity index (χ2v) is 5.21. The summed E-state index contributed by atoms with van der Waals surface area (Å²) < 4.78 is 0.978. The number of anilines is 2. The van der Waals surface area contributed by atoms with Gasteiger partial charge in [0, 0.05) is 24.6 Å². The topological polar surface area (TPSA) is 49.6 Å². The van der Waals surface area contributed by atoms with Gasteiger partial charge in [-0.1, -0.05) is 15.9 Å². The molecule has 1 aliphatic heterocycles. The predicted molar refractivity (Wildman–Crippen MR) is 73.0 cm³/mol. The summed E-state index contributed by atoms with van der Waals surface area (Å²) in [4.78, 5) is 15.6. The first-order valence-corrected chi connectivity index (χ1v) is 6.41. The molecule has 1 aromatic rings. The van der Waals surface area contributed by atoms with E-state index in [9.17, 15) is 4.79 Å². The number of carbonyl (C=O) groups is 1. The van der Waals surface area contributed by atoms with Crippen LogP contribution in [0, 0.1) is 0 Å². The average molecular weight is 298 g/mol. The zero-order chi connectivity index (χ0) is 12.4. The fraction of sp³-hybridized carbons (Fsp3) is 0.417. The van der Waals surface area contributed by atoms with Gasteiger partial charge in [0.2, 0.25) is 5.91 Å². The van der Waals surface area contributed by atoms with Crippen LogP contribution in [-0.4, -0.2) is 37.5 Å². The number of amides is 1. The van der Waals surface area contributed by atoms with E-state index in [1.807, 2.05) is 30.1 Å². The van der Waals surface area contributed by atoms with E-state index in [1.54, 1.807) is 4.90 Å². The van der Waals surface area contributed by atoms with Crippen LogP contribution in [0.25, 0.3) is 0 Å². The van der Waals surface area contributed by atoms with Gasteiger partial charge in [0.25, 0.3) is 0 Å². The highest BCUT2D eigenvalue weighted by atomic mass is 79.9. The van der Waals surface area contributed by atoms with E-state index in [-0.39, 0.29) is 5.91 Å². The molecular formula is C12H16BrN3O. The van der Waals surface area contributed by atoms with E-state index in [0.29, 0.717) is 12.2 Å². The van der Waals surface area contributed by atoms with Crippen molar-refractivity contribution in [3.63, 3.8) is 0 Å². The summed E-state index contributed by atoms with van der Waals surface area (Å²) in [5, 5.41) is 0. The Morgan fingerprint density at radius 3 is 2.88 bits per heavy atom. The van der Waals surface area contributed by atoms with Crippen LogP contribution in [0.1, 0.15) is 6.42 Å². The van der Waals surface area contributed by atoms with E-state index in [4.69, 9.17) is 5.73 Å². The van der Waals surface area contributed by atoms with Crippen molar-refractivity contribution in [1.82, 2.24) is 4.90 Å². The monoisotopic (exact) mass is 297 g/mol. The number of benzene rings is 1. The maximum atomic E-state index is 11.8. The van der Waals surface area contributed by atoms with Crippen molar-refractivity contribution in [2.75, 3.05) is 37.3 Å². The maximum Gasteiger partial charge on any atom is 0.241 e. The highest BCUT2D eigenvalue weighted by Crippen LogP contribution is 2.28. The molecule has 4 nitrogen and oxygen atoms in total. The molecule has 0 atom stereocenters. The Morgan fingerprint density at radius 1 is 1.35 bits per heavy atom. The van der Waals surface area contributed by atoms with E-state index >= 15 is 0 Å². The fourth-order valence-electron chi connectivity index (χ4n) is 1.98. The number of nitrogens with zero attached hydrogens (tertiary/aromatic N) is 2. The highest BCUT2D eigenvalue weighted by molar-refractivity contribution is 9.10. The molecule has 1 aliphatic rings. The number of rotatable bonds is 1. The first kappa shape index (κ1) is 12.2. The van der Waals surface area contributed by atoms with Crippen LogP contribution in [0.5, 0.6) is 0 Å². The molecule has 1 aromatic carbocycles. The van der Waals surface area contributed by atoms with Crippen LogP contribution < -0.4 is 10.6 Å². The van der Waals surface area contributed by atoms with E-state index in [0.717, 1.165) is 29.7 Å². The molecule has 0 aromatic heterocycles. The Bertz CT molecular complexity index is 436. The molecule has 0 bridgehead atoms.